The molecule has 3 heteroatoms. The maximum Gasteiger partial charge on any atom is 0.121 e. The molecule has 1 aliphatic rings. The minimum absolute atomic E-state index is 0.249. The van der Waals surface area contributed by atoms with E-state index < -0.39 is 0 Å². The van der Waals surface area contributed by atoms with Gasteiger partial charge in [-0.2, -0.15) is 0 Å². The molecular weight excluding hydrogens is 214 g/mol. The van der Waals surface area contributed by atoms with Gasteiger partial charge in [0.05, 0.1) is 6.61 Å². The van der Waals surface area contributed by atoms with Crippen LogP contribution in [0.15, 0.2) is 18.2 Å². The number of rotatable bonds is 3. The van der Waals surface area contributed by atoms with Crippen LogP contribution in [0.25, 0.3) is 0 Å². The minimum Gasteiger partial charge on any atom is -0.508 e. The lowest BCUT2D eigenvalue weighted by atomic mass is 9.77. The molecule has 0 heterocycles. The summed E-state index contributed by atoms with van der Waals surface area (Å²) < 4.78 is 5.03. The number of benzene rings is 1. The van der Waals surface area contributed by atoms with Crippen LogP contribution in [-0.4, -0.2) is 12.2 Å². The summed E-state index contributed by atoms with van der Waals surface area (Å²) in [4.78, 5) is 0. The van der Waals surface area contributed by atoms with E-state index in [1.807, 2.05) is 12.1 Å². The topological polar surface area (TPSA) is 55.5 Å². The van der Waals surface area contributed by atoms with Crippen molar-refractivity contribution in [2.24, 2.45) is 5.73 Å². The van der Waals surface area contributed by atoms with E-state index in [9.17, 15) is 5.11 Å². The molecule has 0 unspecified atom stereocenters. The van der Waals surface area contributed by atoms with Gasteiger partial charge in [-0.1, -0.05) is 31.4 Å². The van der Waals surface area contributed by atoms with Gasteiger partial charge in [0.2, 0.25) is 0 Å². The Morgan fingerprint density at radius 2 is 2.00 bits per heavy atom. The summed E-state index contributed by atoms with van der Waals surface area (Å²) in [6.07, 6.45) is 5.65. The van der Waals surface area contributed by atoms with Gasteiger partial charge in [-0.05, 0) is 24.5 Å². The van der Waals surface area contributed by atoms with Crippen LogP contribution in [0.3, 0.4) is 0 Å². The molecule has 0 aliphatic heterocycles. The first-order chi connectivity index (χ1) is 8.15. The van der Waals surface area contributed by atoms with Gasteiger partial charge in [0.15, 0.2) is 0 Å². The van der Waals surface area contributed by atoms with Crippen molar-refractivity contribution in [3.63, 3.8) is 0 Å². The molecule has 0 bridgehead atoms. The van der Waals surface area contributed by atoms with Crippen molar-refractivity contribution in [1.82, 2.24) is 0 Å². The quantitative estimate of drug-likeness (QED) is 0.846. The highest BCUT2D eigenvalue weighted by Gasteiger charge is 2.29. The Kier molecular flexibility index (Phi) is 3.69. The van der Waals surface area contributed by atoms with E-state index >= 15 is 0 Å². The molecule has 0 atom stereocenters. The number of nitrogens with two attached hydrogens (primary N) is 1. The summed E-state index contributed by atoms with van der Waals surface area (Å²) in [5.74, 6) is 0.291. The Balaban J connectivity index is 2.24. The molecule has 94 valence electrons. The molecule has 1 fully saturated rings. The van der Waals surface area contributed by atoms with E-state index in [0.29, 0.717) is 12.4 Å². The molecule has 3 nitrogen and oxygen atoms in total. The lowest BCUT2D eigenvalue weighted by Gasteiger charge is -2.34. The summed E-state index contributed by atoms with van der Waals surface area (Å²) in [6.45, 7) is 0.434. The normalized spacial score (nSPS) is 19.2. The molecule has 1 saturated carbocycles. The van der Waals surface area contributed by atoms with E-state index in [0.717, 1.165) is 24.0 Å². The first-order valence-corrected chi connectivity index (χ1v) is 6.26. The SMILES string of the molecule is COCc1ccc(C2(N)CCCCC2)cc1O. The average Bonchev–Trinajstić information content (AvgIpc) is 2.33. The molecule has 17 heavy (non-hydrogen) atoms. The molecule has 1 aliphatic carbocycles. The standard InChI is InChI=1S/C14H21NO2/c1-17-10-11-5-6-12(9-13(11)16)14(15)7-3-2-4-8-14/h5-6,9,16H,2-4,7-8,10,15H2,1H3. The minimum atomic E-state index is -0.249. The lowest BCUT2D eigenvalue weighted by molar-refractivity contribution is 0.182. The molecule has 0 saturated heterocycles. The van der Waals surface area contributed by atoms with Crippen LogP contribution in [0.1, 0.15) is 43.2 Å². The first kappa shape index (κ1) is 12.4. The molecule has 3 N–H and O–H groups in total. The van der Waals surface area contributed by atoms with Gasteiger partial charge < -0.3 is 15.6 Å². The second-order valence-corrected chi connectivity index (χ2v) is 4.99. The first-order valence-electron chi connectivity index (χ1n) is 6.26. The van der Waals surface area contributed by atoms with E-state index in [2.05, 4.69) is 0 Å². The second kappa shape index (κ2) is 5.07. The molecule has 0 spiro atoms. The number of hydrogen-bond donors (Lipinski definition) is 2. The fraction of sp³-hybridized carbons (Fsp3) is 0.571. The molecule has 1 aromatic rings. The third kappa shape index (κ3) is 2.61. The summed E-state index contributed by atoms with van der Waals surface area (Å²) >= 11 is 0. The van der Waals surface area contributed by atoms with Crippen LogP contribution in [-0.2, 0) is 16.9 Å². The van der Waals surface area contributed by atoms with Gasteiger partial charge in [0.25, 0.3) is 0 Å². The monoisotopic (exact) mass is 235 g/mol. The van der Waals surface area contributed by atoms with Crippen molar-refractivity contribution in [3.8, 4) is 5.75 Å². The maximum absolute atomic E-state index is 9.93. The molecular formula is C14H21NO2. The summed E-state index contributed by atoms with van der Waals surface area (Å²) in [7, 11) is 1.62. The zero-order chi connectivity index (χ0) is 12.3. The highest BCUT2D eigenvalue weighted by atomic mass is 16.5. The third-order valence-corrected chi connectivity index (χ3v) is 3.71. The number of phenolic OH excluding ortho intramolecular Hbond substituents is 1. The van der Waals surface area contributed by atoms with Crippen molar-refractivity contribution in [2.45, 2.75) is 44.2 Å². The lowest BCUT2D eigenvalue weighted by Crippen LogP contribution is -2.38. The van der Waals surface area contributed by atoms with Crippen LogP contribution >= 0.6 is 0 Å². The Labute approximate surface area is 103 Å². The Bertz CT molecular complexity index is 384. The predicted octanol–water partition coefficient (Wildman–Crippen LogP) is 2.66. The van der Waals surface area contributed by atoms with Gasteiger partial charge in [-0.3, -0.25) is 0 Å². The van der Waals surface area contributed by atoms with Gasteiger partial charge in [0.1, 0.15) is 5.75 Å². The summed E-state index contributed by atoms with van der Waals surface area (Å²) in [5.41, 5.74) is 8.05. The number of ether oxygens (including phenoxy) is 1. The van der Waals surface area contributed by atoms with Crippen LogP contribution in [0.4, 0.5) is 0 Å². The van der Waals surface area contributed by atoms with Crippen LogP contribution in [0.2, 0.25) is 0 Å². The zero-order valence-corrected chi connectivity index (χ0v) is 10.4. The number of phenols is 1. The Morgan fingerprint density at radius 1 is 1.29 bits per heavy atom. The highest BCUT2D eigenvalue weighted by molar-refractivity contribution is 5.39. The van der Waals surface area contributed by atoms with Crippen LogP contribution < -0.4 is 5.73 Å². The van der Waals surface area contributed by atoms with Gasteiger partial charge in [-0.25, -0.2) is 0 Å². The highest BCUT2D eigenvalue weighted by Crippen LogP contribution is 2.36. The van der Waals surface area contributed by atoms with Crippen molar-refractivity contribution in [1.29, 1.82) is 0 Å². The Hall–Kier alpha value is -1.06. The molecule has 0 aromatic heterocycles. The Morgan fingerprint density at radius 3 is 2.59 bits per heavy atom. The predicted molar refractivity (Wildman–Crippen MR) is 67.8 cm³/mol. The van der Waals surface area contributed by atoms with E-state index in [-0.39, 0.29) is 5.54 Å². The van der Waals surface area contributed by atoms with E-state index in [4.69, 9.17) is 10.5 Å². The van der Waals surface area contributed by atoms with Gasteiger partial charge in [0, 0.05) is 18.2 Å². The largest absolute Gasteiger partial charge is 0.508 e. The van der Waals surface area contributed by atoms with Crippen molar-refractivity contribution < 1.29 is 9.84 Å². The van der Waals surface area contributed by atoms with Crippen molar-refractivity contribution in [3.05, 3.63) is 29.3 Å². The molecule has 2 rings (SSSR count). The van der Waals surface area contributed by atoms with E-state index in [1.165, 1.54) is 19.3 Å². The third-order valence-electron chi connectivity index (χ3n) is 3.71. The maximum atomic E-state index is 9.93. The molecule has 1 aromatic carbocycles. The van der Waals surface area contributed by atoms with Gasteiger partial charge >= 0.3 is 0 Å². The number of hydrogen-bond acceptors (Lipinski definition) is 3. The number of aromatic hydroxyl groups is 1. The fourth-order valence-corrected chi connectivity index (χ4v) is 2.62. The van der Waals surface area contributed by atoms with Crippen molar-refractivity contribution in [2.75, 3.05) is 7.11 Å². The second-order valence-electron chi connectivity index (χ2n) is 4.99. The van der Waals surface area contributed by atoms with Gasteiger partial charge in [-0.15, -0.1) is 0 Å². The fourth-order valence-electron chi connectivity index (χ4n) is 2.62. The van der Waals surface area contributed by atoms with Crippen molar-refractivity contribution >= 4 is 0 Å². The molecule has 0 amide bonds. The molecule has 0 radical (unpaired) electrons. The number of methoxy groups -OCH3 is 1. The average molecular weight is 235 g/mol. The smallest absolute Gasteiger partial charge is 0.121 e. The summed E-state index contributed by atoms with van der Waals surface area (Å²) in [5, 5.41) is 9.93. The van der Waals surface area contributed by atoms with Crippen LogP contribution in [0.5, 0.6) is 5.75 Å². The van der Waals surface area contributed by atoms with Crippen LogP contribution in [0, 0.1) is 0 Å². The van der Waals surface area contributed by atoms with E-state index in [1.54, 1.807) is 13.2 Å². The zero-order valence-electron chi connectivity index (χ0n) is 10.4. The summed E-state index contributed by atoms with van der Waals surface area (Å²) in [6, 6.07) is 5.75.